The van der Waals surface area contributed by atoms with E-state index in [1.807, 2.05) is 12.4 Å². The van der Waals surface area contributed by atoms with Gasteiger partial charge in [-0.3, -0.25) is 10.00 Å². The van der Waals surface area contributed by atoms with Gasteiger partial charge in [-0.15, -0.1) is 0 Å². The van der Waals surface area contributed by atoms with Crippen LogP contribution < -0.4 is 4.74 Å². The summed E-state index contributed by atoms with van der Waals surface area (Å²) in [5, 5.41) is 6.88. The fourth-order valence-corrected chi connectivity index (χ4v) is 4.05. The zero-order chi connectivity index (χ0) is 16.0. The summed E-state index contributed by atoms with van der Waals surface area (Å²) in [4.78, 5) is 2.62. The summed E-state index contributed by atoms with van der Waals surface area (Å²) in [6.07, 6.45) is 9.81. The van der Waals surface area contributed by atoms with E-state index in [2.05, 4.69) is 33.3 Å². The van der Waals surface area contributed by atoms with E-state index in [0.29, 0.717) is 6.61 Å². The van der Waals surface area contributed by atoms with Crippen molar-refractivity contribution in [2.24, 2.45) is 0 Å². The van der Waals surface area contributed by atoms with Crippen LogP contribution in [0.1, 0.15) is 37.7 Å². The molecule has 1 spiro atoms. The van der Waals surface area contributed by atoms with E-state index in [4.69, 9.17) is 9.47 Å². The molecule has 1 saturated carbocycles. The molecule has 2 fully saturated rings. The molecule has 3 heterocycles. The minimum atomic E-state index is -0.412. The van der Waals surface area contributed by atoms with Crippen molar-refractivity contribution in [2.75, 3.05) is 13.1 Å². The highest BCUT2D eigenvalue weighted by Crippen LogP contribution is 2.40. The maximum atomic E-state index is 6.34. The van der Waals surface area contributed by atoms with E-state index < -0.39 is 5.79 Å². The third-order valence-electron chi connectivity index (χ3n) is 5.83. The first-order chi connectivity index (χ1) is 11.8. The molecule has 5 heteroatoms. The number of rotatable bonds is 2. The summed E-state index contributed by atoms with van der Waals surface area (Å²) in [5.41, 5.74) is 3.36. The van der Waals surface area contributed by atoms with E-state index in [1.165, 1.54) is 19.3 Å². The van der Waals surface area contributed by atoms with Gasteiger partial charge in [-0.2, -0.15) is 5.10 Å². The number of piperidine rings is 1. The molecule has 0 bridgehead atoms. The Labute approximate surface area is 142 Å². The van der Waals surface area contributed by atoms with Crippen LogP contribution in [-0.2, 0) is 11.3 Å². The second-order valence-corrected chi connectivity index (χ2v) is 7.23. The summed E-state index contributed by atoms with van der Waals surface area (Å²) in [5.74, 6) is 0.565. The molecule has 2 aliphatic heterocycles. The first-order valence-electron chi connectivity index (χ1n) is 9.00. The Morgan fingerprint density at radius 2 is 2.04 bits per heavy atom. The SMILES string of the molecule is c1cc2c(cc1-c1cn[nH]c1)COC1(CCN(C3CCC3)CC1)O2. The van der Waals surface area contributed by atoms with Crippen LogP contribution in [-0.4, -0.2) is 40.0 Å². The highest BCUT2D eigenvalue weighted by molar-refractivity contribution is 5.64. The van der Waals surface area contributed by atoms with Crippen LogP contribution in [0.2, 0.25) is 0 Å². The molecule has 0 radical (unpaired) electrons. The fourth-order valence-electron chi connectivity index (χ4n) is 4.05. The van der Waals surface area contributed by atoms with Crippen molar-refractivity contribution in [3.05, 3.63) is 36.2 Å². The highest BCUT2D eigenvalue weighted by Gasteiger charge is 2.42. The van der Waals surface area contributed by atoms with E-state index in [9.17, 15) is 0 Å². The lowest BCUT2D eigenvalue weighted by atomic mass is 9.89. The molecule has 5 nitrogen and oxygen atoms in total. The molecule has 126 valence electrons. The number of nitrogens with zero attached hydrogens (tertiary/aromatic N) is 2. The molecule has 1 aromatic carbocycles. The molecule has 1 aromatic heterocycles. The van der Waals surface area contributed by atoms with Crippen LogP contribution in [0, 0.1) is 0 Å². The first-order valence-corrected chi connectivity index (χ1v) is 9.00. The molecule has 2 aromatic rings. The van der Waals surface area contributed by atoms with Gasteiger partial charge in [0.05, 0.1) is 12.8 Å². The average Bonchev–Trinajstić information content (AvgIpc) is 3.10. The van der Waals surface area contributed by atoms with Crippen molar-refractivity contribution in [1.29, 1.82) is 0 Å². The first kappa shape index (κ1) is 14.5. The minimum absolute atomic E-state index is 0.412. The third kappa shape index (κ3) is 2.43. The zero-order valence-corrected chi connectivity index (χ0v) is 13.8. The fraction of sp³-hybridized carbons (Fsp3) is 0.526. The van der Waals surface area contributed by atoms with Crippen molar-refractivity contribution in [2.45, 2.75) is 50.5 Å². The predicted molar refractivity (Wildman–Crippen MR) is 90.6 cm³/mol. The van der Waals surface area contributed by atoms with Gasteiger partial charge in [0, 0.05) is 49.3 Å². The lowest BCUT2D eigenvalue weighted by molar-refractivity contribution is -0.231. The predicted octanol–water partition coefficient (Wildman–Crippen LogP) is 3.33. The van der Waals surface area contributed by atoms with Crippen LogP contribution in [0.25, 0.3) is 11.1 Å². The Morgan fingerprint density at radius 3 is 2.75 bits per heavy atom. The lowest BCUT2D eigenvalue weighted by Crippen LogP contribution is -2.54. The summed E-state index contributed by atoms with van der Waals surface area (Å²) < 4.78 is 12.6. The van der Waals surface area contributed by atoms with Crippen LogP contribution >= 0.6 is 0 Å². The molecule has 3 aliphatic rings. The molecule has 0 atom stereocenters. The topological polar surface area (TPSA) is 50.4 Å². The number of hydrogen-bond donors (Lipinski definition) is 1. The number of H-pyrrole nitrogens is 1. The molecular formula is C19H23N3O2. The van der Waals surface area contributed by atoms with Crippen molar-refractivity contribution < 1.29 is 9.47 Å². The van der Waals surface area contributed by atoms with Crippen LogP contribution in [0.3, 0.4) is 0 Å². The molecule has 24 heavy (non-hydrogen) atoms. The number of likely N-dealkylation sites (tertiary alicyclic amines) is 1. The third-order valence-corrected chi connectivity index (χ3v) is 5.83. The quantitative estimate of drug-likeness (QED) is 0.920. The van der Waals surface area contributed by atoms with Gasteiger partial charge in [-0.05, 0) is 30.5 Å². The Hall–Kier alpha value is -1.85. The van der Waals surface area contributed by atoms with E-state index >= 15 is 0 Å². The second-order valence-electron chi connectivity index (χ2n) is 7.23. The maximum absolute atomic E-state index is 6.34. The summed E-state index contributed by atoms with van der Waals surface area (Å²) >= 11 is 0. The average molecular weight is 325 g/mol. The number of nitrogens with one attached hydrogen (secondary N) is 1. The second kappa shape index (κ2) is 5.60. The molecule has 1 saturated heterocycles. The largest absolute Gasteiger partial charge is 0.462 e. The molecule has 1 N–H and O–H groups in total. The Kier molecular flexibility index (Phi) is 3.38. The number of benzene rings is 1. The molecule has 5 rings (SSSR count). The van der Waals surface area contributed by atoms with Gasteiger partial charge in [-0.1, -0.05) is 12.5 Å². The van der Waals surface area contributed by atoms with Gasteiger partial charge >= 0.3 is 0 Å². The minimum Gasteiger partial charge on any atom is -0.462 e. The molecule has 0 amide bonds. The van der Waals surface area contributed by atoms with E-state index in [0.717, 1.165) is 54.4 Å². The van der Waals surface area contributed by atoms with Gasteiger partial charge in [0.15, 0.2) is 0 Å². The number of aromatic amines is 1. The maximum Gasteiger partial charge on any atom is 0.213 e. The molecule has 0 unspecified atom stereocenters. The Bertz CT molecular complexity index is 716. The van der Waals surface area contributed by atoms with Crippen LogP contribution in [0.5, 0.6) is 5.75 Å². The van der Waals surface area contributed by atoms with Gasteiger partial charge in [0.1, 0.15) is 5.75 Å². The number of ether oxygens (including phenoxy) is 2. The number of fused-ring (bicyclic) bond motifs is 1. The summed E-state index contributed by atoms with van der Waals surface area (Å²) in [6, 6.07) is 7.15. The van der Waals surface area contributed by atoms with Gasteiger partial charge in [0.25, 0.3) is 0 Å². The van der Waals surface area contributed by atoms with E-state index in [1.54, 1.807) is 0 Å². The normalized spacial score (nSPS) is 23.5. The van der Waals surface area contributed by atoms with Crippen molar-refractivity contribution >= 4 is 0 Å². The number of aromatic nitrogens is 2. The summed E-state index contributed by atoms with van der Waals surface area (Å²) in [7, 11) is 0. The van der Waals surface area contributed by atoms with Gasteiger partial charge < -0.3 is 9.47 Å². The standard InChI is InChI=1S/C19H23N3O2/c1-2-17(3-1)22-8-6-19(7-9-22)23-13-15-10-14(4-5-18(15)24-19)16-11-20-21-12-16/h4-5,10-12,17H,1-3,6-9,13H2,(H,20,21). The number of hydrogen-bond acceptors (Lipinski definition) is 4. The van der Waals surface area contributed by atoms with Gasteiger partial charge in [0.2, 0.25) is 5.79 Å². The Balaban J connectivity index is 1.32. The molecular weight excluding hydrogens is 302 g/mol. The lowest BCUT2D eigenvalue weighted by Gasteiger charge is -2.47. The monoisotopic (exact) mass is 325 g/mol. The molecule has 1 aliphatic carbocycles. The van der Waals surface area contributed by atoms with E-state index in [-0.39, 0.29) is 0 Å². The van der Waals surface area contributed by atoms with Crippen molar-refractivity contribution in [1.82, 2.24) is 15.1 Å². The zero-order valence-electron chi connectivity index (χ0n) is 13.8. The van der Waals surface area contributed by atoms with Gasteiger partial charge in [-0.25, -0.2) is 0 Å². The van der Waals surface area contributed by atoms with Crippen LogP contribution in [0.4, 0.5) is 0 Å². The van der Waals surface area contributed by atoms with Crippen molar-refractivity contribution in [3.8, 4) is 16.9 Å². The smallest absolute Gasteiger partial charge is 0.213 e. The van der Waals surface area contributed by atoms with Crippen molar-refractivity contribution in [3.63, 3.8) is 0 Å². The highest BCUT2D eigenvalue weighted by atomic mass is 16.7. The summed E-state index contributed by atoms with van der Waals surface area (Å²) in [6.45, 7) is 2.81. The van der Waals surface area contributed by atoms with Crippen LogP contribution in [0.15, 0.2) is 30.6 Å². The Morgan fingerprint density at radius 1 is 1.17 bits per heavy atom.